The number of ether oxygens (including phenoxy) is 2. The highest BCUT2D eigenvalue weighted by Crippen LogP contribution is 2.26. The minimum Gasteiger partial charge on any atom is -0.497 e. The predicted octanol–water partition coefficient (Wildman–Crippen LogP) is 4.72. The van der Waals surface area contributed by atoms with Gasteiger partial charge in [-0.25, -0.2) is 4.98 Å². The van der Waals surface area contributed by atoms with Crippen LogP contribution in [0.5, 0.6) is 11.5 Å². The summed E-state index contributed by atoms with van der Waals surface area (Å²) in [4.78, 5) is 20.9. The Balaban J connectivity index is 1.34. The van der Waals surface area contributed by atoms with Crippen molar-refractivity contribution in [3.63, 3.8) is 0 Å². The molecular weight excluding hydrogens is 410 g/mol. The zero-order valence-corrected chi connectivity index (χ0v) is 17.8. The Morgan fingerprint density at radius 1 is 1.03 bits per heavy atom. The third-order valence-electron chi connectivity index (χ3n) is 4.55. The first-order chi connectivity index (χ1) is 15.2. The van der Waals surface area contributed by atoms with Gasteiger partial charge in [-0.1, -0.05) is 18.2 Å². The SMILES string of the molecule is COc1cccc(COc2ccc(-c3nc(C(=O)NCc4cccnc4)cs3)cc2)c1. The maximum absolute atomic E-state index is 12.4. The predicted molar refractivity (Wildman–Crippen MR) is 120 cm³/mol. The molecule has 4 aromatic rings. The van der Waals surface area contributed by atoms with E-state index < -0.39 is 0 Å². The highest BCUT2D eigenvalue weighted by molar-refractivity contribution is 7.13. The van der Waals surface area contributed by atoms with Crippen LogP contribution in [0.1, 0.15) is 21.6 Å². The van der Waals surface area contributed by atoms with Crippen LogP contribution in [0.25, 0.3) is 10.6 Å². The van der Waals surface area contributed by atoms with Crippen LogP contribution in [0.4, 0.5) is 0 Å². The first-order valence-electron chi connectivity index (χ1n) is 9.70. The van der Waals surface area contributed by atoms with E-state index in [4.69, 9.17) is 9.47 Å². The summed E-state index contributed by atoms with van der Waals surface area (Å²) >= 11 is 1.43. The smallest absolute Gasteiger partial charge is 0.271 e. The summed E-state index contributed by atoms with van der Waals surface area (Å²) in [6.45, 7) is 0.869. The molecule has 0 bridgehead atoms. The fourth-order valence-electron chi connectivity index (χ4n) is 2.91. The van der Waals surface area contributed by atoms with Crippen LogP contribution >= 0.6 is 11.3 Å². The number of pyridine rings is 1. The number of aromatic nitrogens is 2. The lowest BCUT2D eigenvalue weighted by Gasteiger charge is -2.08. The lowest BCUT2D eigenvalue weighted by atomic mass is 10.2. The van der Waals surface area contributed by atoms with Gasteiger partial charge in [0.05, 0.1) is 7.11 Å². The summed E-state index contributed by atoms with van der Waals surface area (Å²) in [5, 5.41) is 5.41. The van der Waals surface area contributed by atoms with Crippen molar-refractivity contribution >= 4 is 17.2 Å². The zero-order valence-electron chi connectivity index (χ0n) is 16.9. The van der Waals surface area contributed by atoms with Crippen LogP contribution < -0.4 is 14.8 Å². The number of thiazole rings is 1. The number of hydrogen-bond acceptors (Lipinski definition) is 6. The van der Waals surface area contributed by atoms with Crippen molar-refractivity contribution < 1.29 is 14.3 Å². The van der Waals surface area contributed by atoms with Crippen molar-refractivity contribution in [3.8, 4) is 22.1 Å². The number of methoxy groups -OCH3 is 1. The summed E-state index contributed by atoms with van der Waals surface area (Å²) in [5.74, 6) is 1.36. The van der Waals surface area contributed by atoms with Crippen LogP contribution in [0.2, 0.25) is 0 Å². The van der Waals surface area contributed by atoms with Crippen molar-refractivity contribution in [3.05, 3.63) is 95.3 Å². The number of hydrogen-bond donors (Lipinski definition) is 1. The summed E-state index contributed by atoms with van der Waals surface area (Å²) in [6.07, 6.45) is 3.43. The van der Waals surface area contributed by atoms with E-state index in [1.807, 2.05) is 60.7 Å². The van der Waals surface area contributed by atoms with E-state index in [0.717, 1.165) is 33.2 Å². The van der Waals surface area contributed by atoms with Gasteiger partial charge < -0.3 is 14.8 Å². The minimum absolute atomic E-state index is 0.204. The summed E-state index contributed by atoms with van der Waals surface area (Å²) < 4.78 is 11.1. The monoisotopic (exact) mass is 431 g/mol. The molecule has 31 heavy (non-hydrogen) atoms. The van der Waals surface area contributed by atoms with E-state index >= 15 is 0 Å². The van der Waals surface area contributed by atoms with Gasteiger partial charge in [-0.05, 0) is 53.6 Å². The Hall–Kier alpha value is -3.71. The van der Waals surface area contributed by atoms with Gasteiger partial charge in [-0.2, -0.15) is 0 Å². The van der Waals surface area contributed by atoms with Gasteiger partial charge in [0.1, 0.15) is 28.8 Å². The van der Waals surface area contributed by atoms with Crippen LogP contribution in [-0.4, -0.2) is 23.0 Å². The fourth-order valence-corrected chi connectivity index (χ4v) is 3.72. The molecule has 2 heterocycles. The van der Waals surface area contributed by atoms with Gasteiger partial charge in [0.25, 0.3) is 5.91 Å². The van der Waals surface area contributed by atoms with E-state index in [2.05, 4.69) is 15.3 Å². The molecule has 0 aliphatic heterocycles. The molecule has 0 aliphatic rings. The third kappa shape index (κ3) is 5.46. The summed E-state index contributed by atoms with van der Waals surface area (Å²) in [7, 11) is 1.65. The zero-order chi connectivity index (χ0) is 21.5. The summed E-state index contributed by atoms with van der Waals surface area (Å²) in [5.41, 5.74) is 3.31. The first-order valence-corrected chi connectivity index (χ1v) is 10.6. The molecule has 2 aromatic heterocycles. The third-order valence-corrected chi connectivity index (χ3v) is 5.44. The van der Waals surface area contributed by atoms with Crippen LogP contribution in [-0.2, 0) is 13.2 Å². The number of carbonyl (C=O) groups is 1. The van der Waals surface area contributed by atoms with Crippen molar-refractivity contribution in [1.29, 1.82) is 0 Å². The van der Waals surface area contributed by atoms with Crippen LogP contribution in [0.15, 0.2) is 78.4 Å². The highest BCUT2D eigenvalue weighted by Gasteiger charge is 2.12. The number of rotatable bonds is 8. The molecule has 7 heteroatoms. The fraction of sp³-hybridized carbons (Fsp3) is 0.125. The number of benzene rings is 2. The van der Waals surface area contributed by atoms with E-state index in [1.165, 1.54) is 11.3 Å². The van der Waals surface area contributed by atoms with E-state index in [-0.39, 0.29) is 5.91 Å². The van der Waals surface area contributed by atoms with Gasteiger partial charge in [0.2, 0.25) is 0 Å². The van der Waals surface area contributed by atoms with Gasteiger partial charge in [-0.3, -0.25) is 9.78 Å². The second-order valence-electron chi connectivity index (χ2n) is 6.75. The lowest BCUT2D eigenvalue weighted by Crippen LogP contribution is -2.23. The molecule has 6 nitrogen and oxygen atoms in total. The van der Waals surface area contributed by atoms with Crippen molar-refractivity contribution in [2.24, 2.45) is 0 Å². The van der Waals surface area contributed by atoms with Crippen LogP contribution in [0, 0.1) is 0 Å². The Bertz CT molecular complexity index is 1140. The molecule has 1 amide bonds. The standard InChI is InChI=1S/C24H21N3O3S/c1-29-21-6-2-4-17(12-21)15-30-20-9-7-19(8-10-20)24-27-22(16-31-24)23(28)26-14-18-5-3-11-25-13-18/h2-13,16H,14-15H2,1H3,(H,26,28). The molecule has 0 saturated heterocycles. The molecule has 2 aromatic carbocycles. The van der Waals surface area contributed by atoms with E-state index in [9.17, 15) is 4.79 Å². The highest BCUT2D eigenvalue weighted by atomic mass is 32.1. The molecular formula is C24H21N3O3S. The number of nitrogens with one attached hydrogen (secondary N) is 1. The van der Waals surface area contributed by atoms with Gasteiger partial charge in [0.15, 0.2) is 0 Å². The average Bonchev–Trinajstić information content (AvgIpc) is 3.33. The number of nitrogens with zero attached hydrogens (tertiary/aromatic N) is 2. The second-order valence-corrected chi connectivity index (χ2v) is 7.60. The Kier molecular flexibility index (Phi) is 6.54. The molecule has 0 unspecified atom stereocenters. The molecule has 4 rings (SSSR count). The van der Waals surface area contributed by atoms with Crippen LogP contribution in [0.3, 0.4) is 0 Å². The number of amides is 1. The van der Waals surface area contributed by atoms with Gasteiger partial charge in [0, 0.05) is 29.9 Å². The van der Waals surface area contributed by atoms with Gasteiger partial charge in [-0.15, -0.1) is 11.3 Å². The molecule has 0 fully saturated rings. The van der Waals surface area contributed by atoms with Crippen molar-refractivity contribution in [1.82, 2.24) is 15.3 Å². The largest absolute Gasteiger partial charge is 0.497 e. The number of carbonyl (C=O) groups excluding carboxylic acids is 1. The maximum Gasteiger partial charge on any atom is 0.271 e. The Morgan fingerprint density at radius 2 is 1.87 bits per heavy atom. The minimum atomic E-state index is -0.204. The molecule has 0 atom stereocenters. The molecule has 156 valence electrons. The van der Waals surface area contributed by atoms with E-state index in [1.54, 1.807) is 24.9 Å². The molecule has 0 aliphatic carbocycles. The van der Waals surface area contributed by atoms with Crippen molar-refractivity contribution in [2.75, 3.05) is 7.11 Å². The van der Waals surface area contributed by atoms with Gasteiger partial charge >= 0.3 is 0 Å². The second kappa shape index (κ2) is 9.86. The lowest BCUT2D eigenvalue weighted by molar-refractivity contribution is 0.0946. The quantitative estimate of drug-likeness (QED) is 0.437. The molecule has 0 radical (unpaired) electrons. The topological polar surface area (TPSA) is 73.3 Å². The molecule has 0 spiro atoms. The maximum atomic E-state index is 12.4. The van der Waals surface area contributed by atoms with E-state index in [0.29, 0.717) is 18.8 Å². The first kappa shape index (κ1) is 20.6. The molecule has 0 saturated carbocycles. The normalized spacial score (nSPS) is 10.5. The Labute approximate surface area is 184 Å². The van der Waals surface area contributed by atoms with Crippen molar-refractivity contribution in [2.45, 2.75) is 13.2 Å². The summed E-state index contributed by atoms with van der Waals surface area (Å²) in [6, 6.07) is 19.2. The average molecular weight is 432 g/mol. The molecule has 1 N–H and O–H groups in total. The Morgan fingerprint density at radius 3 is 2.65 bits per heavy atom.